The number of fused-ring (bicyclic) bond motifs is 1. The van der Waals surface area contributed by atoms with E-state index in [1.807, 2.05) is 6.07 Å². The van der Waals surface area contributed by atoms with Gasteiger partial charge in [0.2, 0.25) is 15.9 Å². The van der Waals surface area contributed by atoms with Gasteiger partial charge in [-0.3, -0.25) is 4.79 Å². The standard InChI is InChI=1S/C28H34N2O4S/c1-34-27-16-15-25(35(32,33)30-19-5-2-6-20-30)21-24(27)14-17-28(31)29-18-8-12-23-11-7-10-22-9-3-4-13-26(22)23/h3-4,7,9-11,13,15-16,21H,2,5-6,8,12,14,17-20H2,1H3,(H,29,31). The van der Waals surface area contributed by atoms with Crippen LogP contribution in [0.2, 0.25) is 0 Å². The van der Waals surface area contributed by atoms with Gasteiger partial charge in [0.15, 0.2) is 0 Å². The molecule has 1 amide bonds. The molecule has 3 aromatic rings. The number of carbonyl (C=O) groups is 1. The summed E-state index contributed by atoms with van der Waals surface area (Å²) in [7, 11) is -1.97. The van der Waals surface area contributed by atoms with Crippen molar-refractivity contribution in [3.05, 3.63) is 71.8 Å². The summed E-state index contributed by atoms with van der Waals surface area (Å²) >= 11 is 0. The molecular weight excluding hydrogens is 460 g/mol. The van der Waals surface area contributed by atoms with Crippen LogP contribution in [0.3, 0.4) is 0 Å². The Morgan fingerprint density at radius 1 is 0.943 bits per heavy atom. The Kier molecular flexibility index (Phi) is 8.42. The zero-order valence-electron chi connectivity index (χ0n) is 20.3. The van der Waals surface area contributed by atoms with Crippen LogP contribution < -0.4 is 10.1 Å². The molecule has 0 radical (unpaired) electrons. The normalized spacial score (nSPS) is 14.7. The highest BCUT2D eigenvalue weighted by Crippen LogP contribution is 2.27. The third kappa shape index (κ3) is 6.21. The third-order valence-electron chi connectivity index (χ3n) is 6.65. The van der Waals surface area contributed by atoms with Crippen LogP contribution in [0.5, 0.6) is 5.75 Å². The van der Waals surface area contributed by atoms with Gasteiger partial charge in [0.25, 0.3) is 0 Å². The summed E-state index contributed by atoms with van der Waals surface area (Å²) in [5.74, 6) is 0.556. The number of hydrogen-bond donors (Lipinski definition) is 1. The molecule has 6 nitrogen and oxygen atoms in total. The molecule has 0 saturated carbocycles. The summed E-state index contributed by atoms with van der Waals surface area (Å²) in [5.41, 5.74) is 2.02. The fraction of sp³-hybridized carbons (Fsp3) is 0.393. The number of sulfonamides is 1. The van der Waals surface area contributed by atoms with E-state index in [9.17, 15) is 13.2 Å². The fourth-order valence-electron chi connectivity index (χ4n) is 4.72. The molecule has 1 N–H and O–H groups in total. The molecule has 1 saturated heterocycles. The second-order valence-electron chi connectivity index (χ2n) is 9.03. The van der Waals surface area contributed by atoms with Crippen molar-refractivity contribution in [1.29, 1.82) is 0 Å². The first-order valence-corrected chi connectivity index (χ1v) is 13.8. The Hall–Kier alpha value is -2.90. The lowest BCUT2D eigenvalue weighted by Gasteiger charge is -2.26. The van der Waals surface area contributed by atoms with Crippen molar-refractivity contribution in [2.75, 3.05) is 26.7 Å². The number of benzene rings is 3. The van der Waals surface area contributed by atoms with Crippen LogP contribution in [-0.2, 0) is 27.7 Å². The van der Waals surface area contributed by atoms with Crippen LogP contribution in [0.4, 0.5) is 0 Å². The molecule has 0 bridgehead atoms. The topological polar surface area (TPSA) is 75.7 Å². The van der Waals surface area contributed by atoms with E-state index in [0.29, 0.717) is 31.8 Å². The molecule has 0 spiro atoms. The first-order chi connectivity index (χ1) is 17.0. The molecular formula is C28H34N2O4S. The van der Waals surface area contributed by atoms with Crippen molar-refractivity contribution < 1.29 is 17.9 Å². The SMILES string of the molecule is COc1ccc(S(=O)(=O)N2CCCCC2)cc1CCC(=O)NCCCc1cccc2ccccc12. The van der Waals surface area contributed by atoms with Crippen LogP contribution in [-0.4, -0.2) is 45.4 Å². The Bertz CT molecular complexity index is 1260. The maximum Gasteiger partial charge on any atom is 0.243 e. The average molecular weight is 495 g/mol. The van der Waals surface area contributed by atoms with Crippen LogP contribution >= 0.6 is 0 Å². The quantitative estimate of drug-likeness (QED) is 0.415. The minimum Gasteiger partial charge on any atom is -0.496 e. The Morgan fingerprint density at radius 2 is 1.71 bits per heavy atom. The van der Waals surface area contributed by atoms with Crippen molar-refractivity contribution in [3.8, 4) is 5.75 Å². The van der Waals surface area contributed by atoms with Crippen molar-refractivity contribution >= 4 is 26.7 Å². The van der Waals surface area contributed by atoms with Crippen molar-refractivity contribution in [2.45, 2.75) is 49.8 Å². The predicted molar refractivity (Wildman–Crippen MR) is 139 cm³/mol. The van der Waals surface area contributed by atoms with Gasteiger partial charge in [-0.05, 0) is 72.2 Å². The summed E-state index contributed by atoms with van der Waals surface area (Å²) in [5, 5.41) is 5.49. The molecule has 0 aliphatic carbocycles. The molecule has 3 aromatic carbocycles. The maximum atomic E-state index is 13.1. The summed E-state index contributed by atoms with van der Waals surface area (Å²) in [6, 6.07) is 19.6. The Balaban J connectivity index is 1.31. The van der Waals surface area contributed by atoms with Gasteiger partial charge >= 0.3 is 0 Å². The van der Waals surface area contributed by atoms with Gasteiger partial charge in [-0.15, -0.1) is 0 Å². The zero-order valence-corrected chi connectivity index (χ0v) is 21.1. The first kappa shape index (κ1) is 25.2. The van der Waals surface area contributed by atoms with Gasteiger partial charge in [-0.25, -0.2) is 8.42 Å². The third-order valence-corrected chi connectivity index (χ3v) is 8.55. The number of hydrogen-bond acceptors (Lipinski definition) is 4. The second-order valence-corrected chi connectivity index (χ2v) is 11.0. The van der Waals surface area contributed by atoms with Crippen molar-refractivity contribution in [3.63, 3.8) is 0 Å². The maximum absolute atomic E-state index is 13.1. The van der Waals surface area contributed by atoms with E-state index < -0.39 is 10.0 Å². The largest absolute Gasteiger partial charge is 0.496 e. The van der Waals surface area contributed by atoms with Crippen molar-refractivity contribution in [1.82, 2.24) is 9.62 Å². The van der Waals surface area contributed by atoms with Gasteiger partial charge in [-0.1, -0.05) is 48.9 Å². The van der Waals surface area contributed by atoms with Crippen LogP contribution in [0.25, 0.3) is 10.8 Å². The number of rotatable bonds is 10. The van der Waals surface area contributed by atoms with Crippen LogP contribution in [0.15, 0.2) is 65.6 Å². The van der Waals surface area contributed by atoms with Crippen LogP contribution in [0.1, 0.15) is 43.2 Å². The lowest BCUT2D eigenvalue weighted by atomic mass is 10.0. The van der Waals surface area contributed by atoms with Crippen molar-refractivity contribution in [2.24, 2.45) is 0 Å². The molecule has 186 valence electrons. The van der Waals surface area contributed by atoms with E-state index in [-0.39, 0.29) is 17.2 Å². The van der Waals surface area contributed by atoms with Gasteiger partial charge in [-0.2, -0.15) is 4.31 Å². The van der Waals surface area contributed by atoms with E-state index >= 15 is 0 Å². The number of carbonyl (C=O) groups excluding carboxylic acids is 1. The van der Waals surface area contributed by atoms with E-state index in [1.165, 1.54) is 16.3 Å². The summed E-state index contributed by atoms with van der Waals surface area (Å²) in [6.45, 7) is 1.72. The van der Waals surface area contributed by atoms with Gasteiger partial charge in [0.1, 0.15) is 5.75 Å². The number of ether oxygens (including phenoxy) is 1. The average Bonchev–Trinajstić information content (AvgIpc) is 2.90. The molecule has 0 unspecified atom stereocenters. The summed E-state index contributed by atoms with van der Waals surface area (Å²) < 4.78 is 33.1. The number of amides is 1. The van der Waals surface area contributed by atoms with Gasteiger partial charge < -0.3 is 10.1 Å². The van der Waals surface area contributed by atoms with Gasteiger partial charge in [0, 0.05) is 26.1 Å². The lowest BCUT2D eigenvalue weighted by Crippen LogP contribution is -2.35. The molecule has 0 aromatic heterocycles. The monoisotopic (exact) mass is 494 g/mol. The molecule has 35 heavy (non-hydrogen) atoms. The zero-order chi connectivity index (χ0) is 24.7. The lowest BCUT2D eigenvalue weighted by molar-refractivity contribution is -0.121. The highest BCUT2D eigenvalue weighted by Gasteiger charge is 2.26. The molecule has 1 aliphatic heterocycles. The van der Waals surface area contributed by atoms with Crippen LogP contribution in [0, 0.1) is 0 Å². The number of aryl methyl sites for hydroxylation is 2. The summed E-state index contributed by atoms with van der Waals surface area (Å²) in [6.07, 6.45) is 5.29. The molecule has 1 aliphatic rings. The molecule has 0 atom stereocenters. The number of nitrogens with one attached hydrogen (secondary N) is 1. The minimum atomic E-state index is -3.53. The molecule has 4 rings (SSSR count). The van der Waals surface area contributed by atoms with E-state index in [2.05, 4.69) is 41.7 Å². The minimum absolute atomic E-state index is 0.0470. The fourth-order valence-corrected chi connectivity index (χ4v) is 6.29. The Labute approximate surface area is 208 Å². The summed E-state index contributed by atoms with van der Waals surface area (Å²) in [4.78, 5) is 12.8. The molecule has 7 heteroatoms. The number of methoxy groups -OCH3 is 1. The van der Waals surface area contributed by atoms with E-state index in [1.54, 1.807) is 29.6 Å². The smallest absolute Gasteiger partial charge is 0.243 e. The molecule has 1 fully saturated rings. The highest BCUT2D eigenvalue weighted by atomic mass is 32.2. The number of piperidine rings is 1. The second kappa shape index (κ2) is 11.7. The van der Waals surface area contributed by atoms with E-state index in [4.69, 9.17) is 4.74 Å². The highest BCUT2D eigenvalue weighted by molar-refractivity contribution is 7.89. The number of nitrogens with zero attached hydrogens (tertiary/aromatic N) is 1. The van der Waals surface area contributed by atoms with Gasteiger partial charge in [0.05, 0.1) is 12.0 Å². The Morgan fingerprint density at radius 3 is 2.51 bits per heavy atom. The van der Waals surface area contributed by atoms with E-state index in [0.717, 1.165) is 37.7 Å². The first-order valence-electron chi connectivity index (χ1n) is 12.4. The molecule has 1 heterocycles. The predicted octanol–water partition coefficient (Wildman–Crippen LogP) is 4.70.